The van der Waals surface area contributed by atoms with Crippen LogP contribution in [-0.4, -0.2) is 21.6 Å². The van der Waals surface area contributed by atoms with Crippen molar-refractivity contribution in [3.63, 3.8) is 0 Å². The van der Waals surface area contributed by atoms with Gasteiger partial charge in [0.05, 0.1) is 5.02 Å². The highest BCUT2D eigenvalue weighted by Crippen LogP contribution is 2.21. The van der Waals surface area contributed by atoms with Gasteiger partial charge in [-0.1, -0.05) is 11.6 Å². The maximum atomic E-state index is 13.1. The quantitative estimate of drug-likeness (QED) is 0.907. The molecule has 0 aliphatic carbocycles. The van der Waals surface area contributed by atoms with Crippen molar-refractivity contribution in [3.05, 3.63) is 46.9 Å². The van der Waals surface area contributed by atoms with Gasteiger partial charge in [-0.3, -0.25) is 4.79 Å². The Labute approximate surface area is 132 Å². The third-order valence-electron chi connectivity index (χ3n) is 2.58. The van der Waals surface area contributed by atoms with Crippen molar-refractivity contribution < 1.29 is 9.18 Å². The lowest BCUT2D eigenvalue weighted by atomic mass is 10.1. The van der Waals surface area contributed by atoms with Gasteiger partial charge < -0.3 is 10.6 Å². The van der Waals surface area contributed by atoms with Crippen molar-refractivity contribution >= 4 is 29.0 Å². The van der Waals surface area contributed by atoms with Crippen LogP contribution in [0.15, 0.2) is 30.3 Å². The predicted molar refractivity (Wildman–Crippen MR) is 83.9 cm³/mol. The first-order valence-corrected chi connectivity index (χ1v) is 7.01. The topological polar surface area (TPSA) is 66.9 Å². The van der Waals surface area contributed by atoms with Gasteiger partial charge in [-0.2, -0.15) is 0 Å². The zero-order chi connectivity index (χ0) is 16.3. The average Bonchev–Trinajstić information content (AvgIpc) is 2.42. The first-order chi connectivity index (χ1) is 10.2. The Morgan fingerprint density at radius 3 is 2.45 bits per heavy atom. The molecule has 0 aliphatic heterocycles. The first-order valence-electron chi connectivity index (χ1n) is 6.63. The maximum Gasteiger partial charge on any atom is 0.272 e. The summed E-state index contributed by atoms with van der Waals surface area (Å²) in [5, 5.41) is 13.5. The standard InChI is InChI=1S/C15H16ClFN4O/c1-15(2,3)19-14(22)12-6-7-13(21-20-12)18-9-4-5-11(17)10(16)8-9/h4-8H,1-3H3,(H,18,21)(H,19,22). The zero-order valence-corrected chi connectivity index (χ0v) is 13.2. The molecule has 116 valence electrons. The second kappa shape index (κ2) is 6.27. The molecule has 2 N–H and O–H groups in total. The van der Waals surface area contributed by atoms with Crippen molar-refractivity contribution in [2.45, 2.75) is 26.3 Å². The fourth-order valence-electron chi connectivity index (χ4n) is 1.65. The molecule has 0 radical (unpaired) electrons. The van der Waals surface area contributed by atoms with Crippen molar-refractivity contribution in [1.82, 2.24) is 15.5 Å². The number of benzene rings is 1. The molecule has 0 bridgehead atoms. The SMILES string of the molecule is CC(C)(C)NC(=O)c1ccc(Nc2ccc(F)c(Cl)c2)nn1. The van der Waals surface area contributed by atoms with Crippen molar-refractivity contribution in [2.75, 3.05) is 5.32 Å². The smallest absolute Gasteiger partial charge is 0.272 e. The minimum Gasteiger partial charge on any atom is -0.346 e. The molecular formula is C15H16ClFN4O. The average molecular weight is 323 g/mol. The number of carbonyl (C=O) groups excluding carboxylic acids is 1. The van der Waals surface area contributed by atoms with E-state index in [4.69, 9.17) is 11.6 Å². The van der Waals surface area contributed by atoms with E-state index in [-0.39, 0.29) is 22.2 Å². The minimum absolute atomic E-state index is 0.0131. The Kier molecular flexibility index (Phi) is 4.61. The van der Waals surface area contributed by atoms with Crippen LogP contribution in [0, 0.1) is 5.82 Å². The Morgan fingerprint density at radius 1 is 1.18 bits per heavy atom. The molecule has 0 fully saturated rings. The Bertz CT molecular complexity index is 683. The van der Waals surface area contributed by atoms with Gasteiger partial charge in [-0.15, -0.1) is 10.2 Å². The molecule has 1 aromatic carbocycles. The van der Waals surface area contributed by atoms with Crippen LogP contribution in [0.1, 0.15) is 31.3 Å². The van der Waals surface area contributed by atoms with Crippen LogP contribution in [0.4, 0.5) is 15.9 Å². The molecule has 1 amide bonds. The molecule has 2 aromatic rings. The maximum absolute atomic E-state index is 13.1. The molecule has 2 rings (SSSR count). The summed E-state index contributed by atoms with van der Waals surface area (Å²) in [6.45, 7) is 5.64. The lowest BCUT2D eigenvalue weighted by molar-refractivity contribution is 0.0913. The lowest BCUT2D eigenvalue weighted by Crippen LogP contribution is -2.41. The number of carbonyl (C=O) groups is 1. The summed E-state index contributed by atoms with van der Waals surface area (Å²) in [5.41, 5.74) is 0.450. The van der Waals surface area contributed by atoms with E-state index in [2.05, 4.69) is 20.8 Å². The fourth-order valence-corrected chi connectivity index (χ4v) is 1.83. The van der Waals surface area contributed by atoms with E-state index in [0.717, 1.165) is 0 Å². The van der Waals surface area contributed by atoms with Gasteiger partial charge in [0.1, 0.15) is 5.82 Å². The molecule has 0 saturated heterocycles. The normalized spacial score (nSPS) is 11.1. The van der Waals surface area contributed by atoms with Crippen LogP contribution < -0.4 is 10.6 Å². The summed E-state index contributed by atoms with van der Waals surface area (Å²) in [5.74, 6) is -0.362. The number of nitrogens with zero attached hydrogens (tertiary/aromatic N) is 2. The summed E-state index contributed by atoms with van der Waals surface area (Å²) in [6.07, 6.45) is 0. The highest BCUT2D eigenvalue weighted by Gasteiger charge is 2.16. The summed E-state index contributed by atoms with van der Waals surface area (Å²) < 4.78 is 13.1. The van der Waals surface area contributed by atoms with Gasteiger partial charge in [0, 0.05) is 11.2 Å². The molecule has 5 nitrogen and oxygen atoms in total. The molecule has 1 heterocycles. The molecule has 1 aromatic heterocycles. The summed E-state index contributed by atoms with van der Waals surface area (Å²) >= 11 is 5.70. The fraction of sp³-hybridized carbons (Fsp3) is 0.267. The summed E-state index contributed by atoms with van der Waals surface area (Å²) in [7, 11) is 0. The number of amides is 1. The minimum atomic E-state index is -0.493. The highest BCUT2D eigenvalue weighted by atomic mass is 35.5. The van der Waals surface area contributed by atoms with Gasteiger partial charge in [0.2, 0.25) is 0 Å². The van der Waals surface area contributed by atoms with Crippen LogP contribution >= 0.6 is 11.6 Å². The summed E-state index contributed by atoms with van der Waals surface area (Å²) in [6, 6.07) is 7.40. The van der Waals surface area contributed by atoms with Crippen LogP contribution in [0.5, 0.6) is 0 Å². The van der Waals surface area contributed by atoms with Crippen molar-refractivity contribution in [1.29, 1.82) is 0 Å². The predicted octanol–water partition coefficient (Wildman–Crippen LogP) is 3.54. The number of rotatable bonds is 3. The highest BCUT2D eigenvalue weighted by molar-refractivity contribution is 6.31. The number of aromatic nitrogens is 2. The largest absolute Gasteiger partial charge is 0.346 e. The molecular weight excluding hydrogens is 307 g/mol. The van der Waals surface area contributed by atoms with Crippen LogP contribution in [-0.2, 0) is 0 Å². The third kappa shape index (κ3) is 4.39. The Morgan fingerprint density at radius 2 is 1.91 bits per heavy atom. The Hall–Kier alpha value is -2.21. The molecule has 0 saturated carbocycles. The van der Waals surface area contributed by atoms with E-state index >= 15 is 0 Å². The number of nitrogens with one attached hydrogen (secondary N) is 2. The molecule has 0 unspecified atom stereocenters. The summed E-state index contributed by atoms with van der Waals surface area (Å²) in [4.78, 5) is 11.9. The van der Waals surface area contributed by atoms with E-state index < -0.39 is 5.82 Å². The van der Waals surface area contributed by atoms with Crippen molar-refractivity contribution in [2.24, 2.45) is 0 Å². The van der Waals surface area contributed by atoms with E-state index in [1.54, 1.807) is 12.1 Å². The molecule has 0 spiro atoms. The van der Waals surface area contributed by atoms with Gasteiger partial charge in [-0.05, 0) is 51.1 Å². The van der Waals surface area contributed by atoms with Crippen molar-refractivity contribution in [3.8, 4) is 0 Å². The number of halogens is 2. The van der Waals surface area contributed by atoms with Gasteiger partial charge in [0.25, 0.3) is 5.91 Å². The number of hydrogen-bond acceptors (Lipinski definition) is 4. The monoisotopic (exact) mass is 322 g/mol. The second-order valence-corrected chi connectivity index (χ2v) is 6.17. The van der Waals surface area contributed by atoms with E-state index in [1.165, 1.54) is 18.2 Å². The molecule has 0 atom stereocenters. The second-order valence-electron chi connectivity index (χ2n) is 5.76. The lowest BCUT2D eigenvalue weighted by Gasteiger charge is -2.19. The number of anilines is 2. The van der Waals surface area contributed by atoms with Crippen LogP contribution in [0.25, 0.3) is 0 Å². The molecule has 7 heteroatoms. The van der Waals surface area contributed by atoms with Gasteiger partial charge in [0.15, 0.2) is 11.5 Å². The van der Waals surface area contributed by atoms with E-state index in [0.29, 0.717) is 11.5 Å². The zero-order valence-electron chi connectivity index (χ0n) is 12.4. The molecule has 0 aliphatic rings. The Balaban J connectivity index is 2.08. The number of hydrogen-bond donors (Lipinski definition) is 2. The first kappa shape index (κ1) is 16.2. The van der Waals surface area contributed by atoms with E-state index in [9.17, 15) is 9.18 Å². The molecule has 22 heavy (non-hydrogen) atoms. The van der Waals surface area contributed by atoms with Gasteiger partial charge in [-0.25, -0.2) is 4.39 Å². The van der Waals surface area contributed by atoms with Gasteiger partial charge >= 0.3 is 0 Å². The van der Waals surface area contributed by atoms with Crippen LogP contribution in [0.3, 0.4) is 0 Å². The van der Waals surface area contributed by atoms with E-state index in [1.807, 2.05) is 20.8 Å². The third-order valence-corrected chi connectivity index (χ3v) is 2.87. The van der Waals surface area contributed by atoms with Crippen LogP contribution in [0.2, 0.25) is 5.02 Å².